The van der Waals surface area contributed by atoms with Crippen molar-refractivity contribution in [1.29, 1.82) is 0 Å². The van der Waals surface area contributed by atoms with Gasteiger partial charge in [-0.2, -0.15) is 0 Å². The summed E-state index contributed by atoms with van der Waals surface area (Å²) >= 11 is 0. The van der Waals surface area contributed by atoms with E-state index in [2.05, 4.69) is 22.0 Å². The number of anilines is 2. The van der Waals surface area contributed by atoms with Crippen molar-refractivity contribution < 1.29 is 28.6 Å². The summed E-state index contributed by atoms with van der Waals surface area (Å²) in [5.41, 5.74) is 0.969. The van der Waals surface area contributed by atoms with Gasteiger partial charge in [0.05, 0.1) is 19.3 Å². The van der Waals surface area contributed by atoms with Crippen molar-refractivity contribution in [3.63, 3.8) is 0 Å². The summed E-state index contributed by atoms with van der Waals surface area (Å²) in [6, 6.07) is 9.61. The first-order chi connectivity index (χ1) is 15.5. The third-order valence-corrected chi connectivity index (χ3v) is 4.46. The molecular formula is C23H29N3O6. The van der Waals surface area contributed by atoms with Crippen LogP contribution in [0.1, 0.15) is 43.5 Å². The molecule has 1 aromatic carbocycles. The summed E-state index contributed by atoms with van der Waals surface area (Å²) in [6.45, 7) is 4.45. The fourth-order valence-electron chi connectivity index (χ4n) is 2.82. The normalized spacial score (nSPS) is 10.2. The van der Waals surface area contributed by atoms with Crippen LogP contribution in [0.15, 0.2) is 42.6 Å². The van der Waals surface area contributed by atoms with Gasteiger partial charge in [0.2, 0.25) is 0 Å². The zero-order valence-corrected chi connectivity index (χ0v) is 18.6. The second kappa shape index (κ2) is 12.9. The van der Waals surface area contributed by atoms with E-state index in [9.17, 15) is 14.4 Å². The lowest BCUT2D eigenvalue weighted by molar-refractivity contribution is -0.145. The summed E-state index contributed by atoms with van der Waals surface area (Å²) in [7, 11) is 1.29. The molecule has 1 aromatic heterocycles. The highest BCUT2D eigenvalue weighted by Gasteiger charge is 2.17. The molecule has 0 aliphatic rings. The minimum Gasteiger partial charge on any atom is -0.482 e. The molecule has 0 unspecified atom stereocenters. The number of nitrogens with zero attached hydrogens (tertiary/aromatic N) is 2. The molecule has 0 bridgehead atoms. The van der Waals surface area contributed by atoms with Crippen LogP contribution in [0.2, 0.25) is 0 Å². The van der Waals surface area contributed by atoms with Gasteiger partial charge in [-0.25, -0.2) is 19.4 Å². The number of methoxy groups -OCH3 is 1. The Morgan fingerprint density at radius 3 is 2.38 bits per heavy atom. The van der Waals surface area contributed by atoms with Gasteiger partial charge >= 0.3 is 18.0 Å². The van der Waals surface area contributed by atoms with Crippen molar-refractivity contribution in [3.05, 3.63) is 48.2 Å². The minimum atomic E-state index is -0.498. The molecule has 9 nitrogen and oxygen atoms in total. The molecule has 0 saturated heterocycles. The Bertz CT molecular complexity index is 884. The molecule has 0 radical (unpaired) electrons. The molecule has 172 valence electrons. The Morgan fingerprint density at radius 1 is 1.03 bits per heavy atom. The van der Waals surface area contributed by atoms with E-state index < -0.39 is 11.9 Å². The zero-order valence-electron chi connectivity index (χ0n) is 18.6. The van der Waals surface area contributed by atoms with Gasteiger partial charge in [-0.05, 0) is 49.7 Å². The smallest absolute Gasteiger partial charge is 0.344 e. The summed E-state index contributed by atoms with van der Waals surface area (Å²) in [5, 5.41) is 2.75. The maximum Gasteiger partial charge on any atom is 0.344 e. The molecule has 2 rings (SSSR count). The van der Waals surface area contributed by atoms with Crippen LogP contribution in [0.3, 0.4) is 0 Å². The minimum absolute atomic E-state index is 0.179. The first kappa shape index (κ1) is 24.6. The van der Waals surface area contributed by atoms with Gasteiger partial charge in [-0.3, -0.25) is 10.2 Å². The van der Waals surface area contributed by atoms with Gasteiger partial charge in [-0.1, -0.05) is 19.8 Å². The Labute approximate surface area is 187 Å². The van der Waals surface area contributed by atoms with Crippen molar-refractivity contribution in [2.75, 3.05) is 37.1 Å². The average Bonchev–Trinajstić information content (AvgIpc) is 2.81. The molecule has 2 amide bonds. The molecule has 9 heteroatoms. The average molecular weight is 444 g/mol. The number of hydrogen-bond acceptors (Lipinski definition) is 7. The predicted molar refractivity (Wildman–Crippen MR) is 120 cm³/mol. The number of benzene rings is 1. The second-order valence-corrected chi connectivity index (χ2v) is 6.80. The quantitative estimate of drug-likeness (QED) is 0.412. The Morgan fingerprint density at radius 2 is 1.78 bits per heavy atom. The SMILES string of the molecule is CCCCCN(C(=O)Nc1ccc(C(=O)OC)cn1)c1ccc(OCC(=O)OCC)cc1. The highest BCUT2D eigenvalue weighted by atomic mass is 16.6. The van der Waals surface area contributed by atoms with E-state index in [1.807, 2.05) is 0 Å². The van der Waals surface area contributed by atoms with Crippen LogP contribution in [0.5, 0.6) is 5.75 Å². The number of nitrogens with one attached hydrogen (secondary N) is 1. The Balaban J connectivity index is 2.08. The molecule has 0 fully saturated rings. The van der Waals surface area contributed by atoms with E-state index >= 15 is 0 Å². The lowest BCUT2D eigenvalue weighted by Gasteiger charge is -2.23. The Kier molecular flexibility index (Phi) is 9.96. The number of pyridine rings is 1. The first-order valence-electron chi connectivity index (χ1n) is 10.5. The van der Waals surface area contributed by atoms with E-state index in [1.165, 1.54) is 19.4 Å². The molecular weight excluding hydrogens is 414 g/mol. The summed E-state index contributed by atoms with van der Waals surface area (Å²) in [6.07, 6.45) is 4.18. The number of aromatic nitrogens is 1. The van der Waals surface area contributed by atoms with Gasteiger partial charge in [-0.15, -0.1) is 0 Å². The van der Waals surface area contributed by atoms with E-state index in [-0.39, 0.29) is 12.6 Å². The van der Waals surface area contributed by atoms with Crippen LogP contribution in [0, 0.1) is 0 Å². The lowest BCUT2D eigenvalue weighted by Crippen LogP contribution is -2.36. The van der Waals surface area contributed by atoms with Gasteiger partial charge in [0.1, 0.15) is 11.6 Å². The van der Waals surface area contributed by atoms with Crippen molar-refractivity contribution in [3.8, 4) is 5.75 Å². The van der Waals surface area contributed by atoms with Crippen LogP contribution in [0.25, 0.3) is 0 Å². The molecule has 1 N–H and O–H groups in total. The molecule has 1 heterocycles. The summed E-state index contributed by atoms with van der Waals surface area (Å²) in [4.78, 5) is 41.6. The summed E-state index contributed by atoms with van der Waals surface area (Å²) in [5.74, 6) is -0.127. The van der Waals surface area contributed by atoms with E-state index in [1.54, 1.807) is 42.2 Å². The number of rotatable bonds is 11. The number of amides is 2. The summed E-state index contributed by atoms with van der Waals surface area (Å²) < 4.78 is 14.9. The molecule has 0 aliphatic heterocycles. The van der Waals surface area contributed by atoms with Crippen LogP contribution >= 0.6 is 0 Å². The van der Waals surface area contributed by atoms with Crippen LogP contribution in [0.4, 0.5) is 16.3 Å². The Hall–Kier alpha value is -3.62. The topological polar surface area (TPSA) is 107 Å². The molecule has 2 aromatic rings. The van der Waals surface area contributed by atoms with Crippen molar-refractivity contribution in [2.45, 2.75) is 33.1 Å². The van der Waals surface area contributed by atoms with E-state index in [0.717, 1.165) is 19.3 Å². The first-order valence-corrected chi connectivity index (χ1v) is 10.5. The number of carbonyl (C=O) groups excluding carboxylic acids is 3. The molecule has 0 aliphatic carbocycles. The number of unbranched alkanes of at least 4 members (excludes halogenated alkanes) is 2. The third-order valence-electron chi connectivity index (χ3n) is 4.46. The number of carbonyl (C=O) groups is 3. The standard InChI is InChI=1S/C23H29N3O6/c1-4-6-7-14-26(18-9-11-19(12-10-18)32-16-21(27)31-5-2)23(29)25-20-13-8-17(15-24-20)22(28)30-3/h8-13,15H,4-7,14,16H2,1-3H3,(H,24,25,29). The second-order valence-electron chi connectivity index (χ2n) is 6.80. The van der Waals surface area contributed by atoms with Gasteiger partial charge in [0.15, 0.2) is 6.61 Å². The van der Waals surface area contributed by atoms with Crippen LogP contribution < -0.4 is 15.0 Å². The highest BCUT2D eigenvalue weighted by Crippen LogP contribution is 2.21. The largest absolute Gasteiger partial charge is 0.482 e. The lowest BCUT2D eigenvalue weighted by atomic mass is 10.2. The van der Waals surface area contributed by atoms with Crippen molar-refractivity contribution in [1.82, 2.24) is 4.98 Å². The number of ether oxygens (including phenoxy) is 3. The molecule has 0 saturated carbocycles. The zero-order chi connectivity index (χ0) is 23.3. The van der Waals surface area contributed by atoms with Gasteiger partial charge in [0, 0.05) is 18.4 Å². The van der Waals surface area contributed by atoms with Crippen LogP contribution in [-0.4, -0.2) is 49.8 Å². The van der Waals surface area contributed by atoms with E-state index in [0.29, 0.717) is 36.0 Å². The van der Waals surface area contributed by atoms with Gasteiger partial charge in [0.25, 0.3) is 0 Å². The predicted octanol–water partition coefficient (Wildman–Crippen LogP) is 4.04. The van der Waals surface area contributed by atoms with Crippen LogP contribution in [-0.2, 0) is 14.3 Å². The van der Waals surface area contributed by atoms with Crippen molar-refractivity contribution >= 4 is 29.5 Å². The van der Waals surface area contributed by atoms with Gasteiger partial charge < -0.3 is 14.2 Å². The molecule has 0 atom stereocenters. The molecule has 0 spiro atoms. The number of esters is 2. The molecule has 32 heavy (non-hydrogen) atoms. The fourth-order valence-corrected chi connectivity index (χ4v) is 2.82. The maximum absolute atomic E-state index is 12.9. The maximum atomic E-state index is 12.9. The monoisotopic (exact) mass is 443 g/mol. The number of hydrogen-bond donors (Lipinski definition) is 1. The van der Waals surface area contributed by atoms with Crippen molar-refractivity contribution in [2.24, 2.45) is 0 Å². The van der Waals surface area contributed by atoms with E-state index in [4.69, 9.17) is 9.47 Å². The fraction of sp³-hybridized carbons (Fsp3) is 0.391. The number of urea groups is 1. The highest BCUT2D eigenvalue weighted by molar-refractivity contribution is 6.01. The third kappa shape index (κ3) is 7.57.